The largest absolute Gasteiger partial charge is 0.465 e. The summed E-state index contributed by atoms with van der Waals surface area (Å²) >= 11 is 0. The summed E-state index contributed by atoms with van der Waals surface area (Å²) in [6, 6.07) is -0.831. The van der Waals surface area contributed by atoms with E-state index in [0.717, 1.165) is 77.0 Å². The molecule has 1 rings (SSSR count). The van der Waals surface area contributed by atoms with Crippen molar-refractivity contribution in [2.45, 2.75) is 288 Å². The number of allylic oxidation sites excluding steroid dienone is 8. The summed E-state index contributed by atoms with van der Waals surface area (Å²) in [4.78, 5) is 25.0. The predicted molar refractivity (Wildman–Crippen MR) is 292 cm³/mol. The molecule has 0 bridgehead atoms. The SMILES string of the molecule is CCCCC/C=C/CC/C=C/C(O)C(COC1OC(CO)C(O)C(O)C1O)NC(=O)CCCCCCCCCCCCCCCC/C=C\C/C=C\CCOC(=O)CCCCCCC/C=C\CCCCCC. The fourth-order valence-electron chi connectivity index (χ4n) is 8.69. The van der Waals surface area contributed by atoms with Gasteiger partial charge in [-0.3, -0.25) is 9.59 Å². The molecule has 11 heteroatoms. The Kier molecular flexibility index (Phi) is 46.3. The van der Waals surface area contributed by atoms with Crippen LogP contribution in [-0.4, -0.2) is 100 Å². The molecule has 1 fully saturated rings. The van der Waals surface area contributed by atoms with Crippen molar-refractivity contribution in [3.63, 3.8) is 0 Å². The first kappa shape index (κ1) is 66.4. The van der Waals surface area contributed by atoms with Crippen LogP contribution in [0.2, 0.25) is 0 Å². The Hall–Kier alpha value is -2.64. The Morgan fingerprint density at radius 1 is 0.521 bits per heavy atom. The molecule has 11 nitrogen and oxygen atoms in total. The van der Waals surface area contributed by atoms with Crippen LogP contribution in [0.25, 0.3) is 0 Å². The van der Waals surface area contributed by atoms with Crippen LogP contribution in [0.15, 0.2) is 60.8 Å². The quantitative estimate of drug-likeness (QED) is 0.0195. The second-order valence-electron chi connectivity index (χ2n) is 20.0. The molecule has 0 aromatic carbocycles. The van der Waals surface area contributed by atoms with E-state index < -0.39 is 49.5 Å². The van der Waals surface area contributed by atoms with Crippen LogP contribution in [0.4, 0.5) is 0 Å². The molecule has 1 amide bonds. The fourth-order valence-corrected chi connectivity index (χ4v) is 8.69. The standard InChI is InChI=1S/C60H107NO10/c1-3-5-7-9-11-13-14-24-28-32-36-40-44-48-56(65)69-49-45-41-37-33-29-26-23-21-19-17-15-16-18-20-22-25-27-31-35-39-43-47-55(64)61-52(53(63)46-42-38-34-30-12-10-8-6-4-2)51-70-60-59(68)58(67)57(66)54(50-62)71-60/h12-14,26,29-30,37,41-42,46,52-54,57-60,62-63,66-68H,3-11,15-25,27-28,31-36,38-40,43-45,47-51H2,1-2H3,(H,61,64)/b14-13-,29-26-,30-12+,41-37-,46-42+. The van der Waals surface area contributed by atoms with Crippen LogP contribution in [0.5, 0.6) is 0 Å². The zero-order valence-corrected chi connectivity index (χ0v) is 45.2. The lowest BCUT2D eigenvalue weighted by Crippen LogP contribution is -2.60. The van der Waals surface area contributed by atoms with Crippen LogP contribution in [0.3, 0.4) is 0 Å². The second-order valence-corrected chi connectivity index (χ2v) is 20.0. The van der Waals surface area contributed by atoms with Gasteiger partial charge in [0.25, 0.3) is 0 Å². The average molecular weight is 1000 g/mol. The summed E-state index contributed by atoms with van der Waals surface area (Å²) in [6.07, 6.45) is 53.4. The number of hydrogen-bond acceptors (Lipinski definition) is 10. The van der Waals surface area contributed by atoms with Crippen molar-refractivity contribution in [2.24, 2.45) is 0 Å². The lowest BCUT2D eigenvalue weighted by molar-refractivity contribution is -0.302. The Morgan fingerprint density at radius 3 is 1.51 bits per heavy atom. The smallest absolute Gasteiger partial charge is 0.305 e. The molecule has 0 radical (unpaired) electrons. The minimum Gasteiger partial charge on any atom is -0.465 e. The maximum absolute atomic E-state index is 13.0. The number of amides is 1. The highest BCUT2D eigenvalue weighted by Gasteiger charge is 2.44. The Morgan fingerprint density at radius 2 is 0.958 bits per heavy atom. The summed E-state index contributed by atoms with van der Waals surface area (Å²) in [7, 11) is 0. The molecule has 0 aromatic heterocycles. The molecule has 0 saturated carbocycles. The van der Waals surface area contributed by atoms with Crippen molar-refractivity contribution in [2.75, 3.05) is 19.8 Å². The molecule has 7 atom stereocenters. The van der Waals surface area contributed by atoms with E-state index in [1.807, 2.05) is 6.08 Å². The third-order valence-electron chi connectivity index (χ3n) is 13.3. The molecule has 7 unspecified atom stereocenters. The van der Waals surface area contributed by atoms with E-state index in [2.05, 4.69) is 67.8 Å². The monoisotopic (exact) mass is 1000 g/mol. The molecule has 1 aliphatic rings. The van der Waals surface area contributed by atoms with Gasteiger partial charge in [0.15, 0.2) is 6.29 Å². The normalized spacial score (nSPS) is 19.6. The van der Waals surface area contributed by atoms with Gasteiger partial charge in [-0.2, -0.15) is 0 Å². The first-order valence-electron chi connectivity index (χ1n) is 29.1. The van der Waals surface area contributed by atoms with Gasteiger partial charge in [-0.1, -0.05) is 203 Å². The molecule has 0 aromatic rings. The number of nitrogens with one attached hydrogen (secondary N) is 1. The van der Waals surface area contributed by atoms with Crippen LogP contribution < -0.4 is 5.32 Å². The maximum atomic E-state index is 13.0. The van der Waals surface area contributed by atoms with Crippen LogP contribution in [0, 0.1) is 0 Å². The minimum absolute atomic E-state index is 0.0592. The molecule has 71 heavy (non-hydrogen) atoms. The molecule has 0 aliphatic carbocycles. The molecule has 1 aliphatic heterocycles. The van der Waals surface area contributed by atoms with Gasteiger partial charge in [-0.05, 0) is 89.9 Å². The highest BCUT2D eigenvalue weighted by Crippen LogP contribution is 2.23. The molecule has 1 saturated heterocycles. The van der Waals surface area contributed by atoms with E-state index >= 15 is 0 Å². The minimum atomic E-state index is -1.58. The van der Waals surface area contributed by atoms with Crippen LogP contribution in [0.1, 0.15) is 245 Å². The number of hydrogen-bond donors (Lipinski definition) is 6. The number of aliphatic hydroxyl groups is 5. The third-order valence-corrected chi connectivity index (χ3v) is 13.3. The van der Waals surface area contributed by atoms with Gasteiger partial charge in [-0.15, -0.1) is 0 Å². The Balaban J connectivity index is 2.05. The Bertz CT molecular complexity index is 1360. The van der Waals surface area contributed by atoms with Crippen molar-refractivity contribution in [1.82, 2.24) is 5.32 Å². The van der Waals surface area contributed by atoms with E-state index in [0.29, 0.717) is 19.4 Å². The number of ether oxygens (including phenoxy) is 3. The van der Waals surface area contributed by atoms with Crippen molar-refractivity contribution in [3.8, 4) is 0 Å². The van der Waals surface area contributed by atoms with Crippen molar-refractivity contribution >= 4 is 11.9 Å². The van der Waals surface area contributed by atoms with Crippen molar-refractivity contribution in [3.05, 3.63) is 60.8 Å². The van der Waals surface area contributed by atoms with Gasteiger partial charge in [0.2, 0.25) is 5.91 Å². The summed E-state index contributed by atoms with van der Waals surface area (Å²) in [5, 5.41) is 54.1. The first-order valence-corrected chi connectivity index (χ1v) is 29.1. The van der Waals surface area contributed by atoms with E-state index in [9.17, 15) is 35.1 Å². The van der Waals surface area contributed by atoms with Gasteiger partial charge in [0.05, 0.1) is 32.0 Å². The molecular formula is C60H107NO10. The number of carbonyl (C=O) groups is 2. The number of rotatable bonds is 49. The van der Waals surface area contributed by atoms with Gasteiger partial charge in [-0.25, -0.2) is 0 Å². The maximum Gasteiger partial charge on any atom is 0.305 e. The van der Waals surface area contributed by atoms with Crippen LogP contribution in [-0.2, 0) is 23.8 Å². The first-order chi connectivity index (χ1) is 34.7. The van der Waals surface area contributed by atoms with Gasteiger partial charge in [0, 0.05) is 12.8 Å². The summed E-state index contributed by atoms with van der Waals surface area (Å²) in [5.74, 6) is -0.260. The van der Waals surface area contributed by atoms with Gasteiger partial charge in [0.1, 0.15) is 24.4 Å². The molecule has 1 heterocycles. The van der Waals surface area contributed by atoms with Crippen LogP contribution >= 0.6 is 0 Å². The van der Waals surface area contributed by atoms with Gasteiger partial charge < -0.3 is 45.1 Å². The molecule has 0 spiro atoms. The summed E-state index contributed by atoms with van der Waals surface area (Å²) < 4.78 is 16.6. The highest BCUT2D eigenvalue weighted by molar-refractivity contribution is 5.76. The molecule has 6 N–H and O–H groups in total. The van der Waals surface area contributed by atoms with E-state index in [-0.39, 0.29) is 18.5 Å². The highest BCUT2D eigenvalue weighted by atomic mass is 16.7. The van der Waals surface area contributed by atoms with Gasteiger partial charge >= 0.3 is 5.97 Å². The van der Waals surface area contributed by atoms with E-state index in [1.165, 1.54) is 141 Å². The number of esters is 1. The number of aliphatic hydroxyl groups excluding tert-OH is 5. The van der Waals surface area contributed by atoms with E-state index in [1.54, 1.807) is 6.08 Å². The predicted octanol–water partition coefficient (Wildman–Crippen LogP) is 13.1. The Labute approximate surface area is 433 Å². The topological polar surface area (TPSA) is 175 Å². The molecule has 412 valence electrons. The summed E-state index contributed by atoms with van der Waals surface area (Å²) in [5.41, 5.74) is 0. The number of unbranched alkanes of at least 4 members (excludes halogenated alkanes) is 27. The van der Waals surface area contributed by atoms with E-state index in [4.69, 9.17) is 14.2 Å². The lowest BCUT2D eigenvalue weighted by atomic mass is 9.99. The summed E-state index contributed by atoms with van der Waals surface area (Å²) in [6.45, 7) is 4.13. The second kappa shape index (κ2) is 49.6. The zero-order valence-electron chi connectivity index (χ0n) is 45.2. The average Bonchev–Trinajstić information content (AvgIpc) is 3.37. The molecular weight excluding hydrogens is 895 g/mol. The lowest BCUT2D eigenvalue weighted by Gasteiger charge is -2.40. The third kappa shape index (κ3) is 39.5. The van der Waals surface area contributed by atoms with Crippen molar-refractivity contribution < 1.29 is 49.3 Å². The zero-order chi connectivity index (χ0) is 51.7. The fraction of sp³-hybridized carbons (Fsp3) is 0.800. The number of carbonyl (C=O) groups excluding carboxylic acids is 2. The van der Waals surface area contributed by atoms with Crippen molar-refractivity contribution in [1.29, 1.82) is 0 Å².